The molecule has 1 aliphatic heterocycles. The second-order valence-electron chi connectivity index (χ2n) is 8.58. The molecule has 0 radical (unpaired) electrons. The van der Waals surface area contributed by atoms with Crippen molar-refractivity contribution in [1.82, 2.24) is 15.1 Å². The molecule has 1 aliphatic rings. The first-order valence-corrected chi connectivity index (χ1v) is 12.4. The number of urea groups is 1. The van der Waals surface area contributed by atoms with Crippen LogP contribution in [0.2, 0.25) is 5.02 Å². The maximum absolute atomic E-state index is 14.1. The van der Waals surface area contributed by atoms with Crippen molar-refractivity contribution >= 4 is 40.9 Å². The maximum Gasteiger partial charge on any atom is 0.322 e. The molecule has 0 spiro atoms. The van der Waals surface area contributed by atoms with E-state index in [2.05, 4.69) is 15.6 Å². The van der Waals surface area contributed by atoms with E-state index in [0.717, 1.165) is 12.5 Å². The van der Waals surface area contributed by atoms with Gasteiger partial charge in [0.2, 0.25) is 5.96 Å². The summed E-state index contributed by atoms with van der Waals surface area (Å²) in [6.45, 7) is 3.93. The van der Waals surface area contributed by atoms with Crippen molar-refractivity contribution in [2.24, 2.45) is 4.99 Å². The summed E-state index contributed by atoms with van der Waals surface area (Å²) in [4.78, 5) is 30.4. The molecule has 3 N–H and O–H groups in total. The highest BCUT2D eigenvalue weighted by Crippen LogP contribution is 2.28. The minimum Gasteiger partial charge on any atom is -0.481 e. The minimum atomic E-state index is -0.833. The number of benzene rings is 3. The molecule has 1 saturated heterocycles. The van der Waals surface area contributed by atoms with Gasteiger partial charge >= 0.3 is 6.03 Å². The normalized spacial score (nSPS) is 14.9. The molecule has 3 aromatic rings. The van der Waals surface area contributed by atoms with Gasteiger partial charge in [0.05, 0.1) is 11.7 Å². The van der Waals surface area contributed by atoms with Crippen molar-refractivity contribution in [3.63, 3.8) is 0 Å². The number of nitrogens with one attached hydrogen (secondary N) is 2. The molecule has 3 aromatic carbocycles. The number of carboxylic acid groups (broad SMARTS) is 1. The zero-order valence-electron chi connectivity index (χ0n) is 21.4. The number of carboxylic acids is 1. The fourth-order valence-corrected chi connectivity index (χ4v) is 4.09. The number of halogens is 2. The van der Waals surface area contributed by atoms with Gasteiger partial charge in [-0.2, -0.15) is 5.26 Å². The third-order valence-electron chi connectivity index (χ3n) is 5.85. The van der Waals surface area contributed by atoms with Crippen molar-refractivity contribution in [3.8, 4) is 6.19 Å². The van der Waals surface area contributed by atoms with Gasteiger partial charge in [0.1, 0.15) is 5.82 Å². The Labute approximate surface area is 231 Å². The summed E-state index contributed by atoms with van der Waals surface area (Å²) in [5, 5.41) is 22.9. The number of carbonyl (C=O) groups is 2. The van der Waals surface area contributed by atoms with E-state index in [0.29, 0.717) is 47.6 Å². The van der Waals surface area contributed by atoms with Crippen molar-refractivity contribution in [3.05, 3.63) is 94.8 Å². The van der Waals surface area contributed by atoms with Crippen LogP contribution in [0.5, 0.6) is 0 Å². The minimum absolute atomic E-state index is 0.242. The molecule has 0 saturated carbocycles. The van der Waals surface area contributed by atoms with Crippen LogP contribution in [0.25, 0.3) is 0 Å². The van der Waals surface area contributed by atoms with E-state index in [1.165, 1.54) is 6.07 Å². The lowest BCUT2D eigenvalue weighted by molar-refractivity contribution is -0.134. The van der Waals surface area contributed by atoms with Gasteiger partial charge in [-0.1, -0.05) is 48.0 Å². The number of aliphatic imine (C=N–C) groups is 1. The number of guanidine groups is 1. The lowest BCUT2D eigenvalue weighted by atomic mass is 10.0. The first kappa shape index (κ1) is 28.9. The van der Waals surface area contributed by atoms with Gasteiger partial charge in [-0.05, 0) is 48.9 Å². The Morgan fingerprint density at radius 2 is 1.74 bits per heavy atom. The van der Waals surface area contributed by atoms with Crippen molar-refractivity contribution in [2.45, 2.75) is 19.9 Å². The molecule has 4 rings (SSSR count). The van der Waals surface area contributed by atoms with Crippen LogP contribution in [0.1, 0.15) is 24.1 Å². The van der Waals surface area contributed by atoms with E-state index in [1.54, 1.807) is 48.2 Å². The van der Waals surface area contributed by atoms with E-state index in [4.69, 9.17) is 21.5 Å². The molecule has 0 aliphatic carbocycles. The number of rotatable bonds is 3. The summed E-state index contributed by atoms with van der Waals surface area (Å²) in [5.41, 5.74) is 2.41. The third kappa shape index (κ3) is 8.18. The predicted molar refractivity (Wildman–Crippen MR) is 148 cm³/mol. The van der Waals surface area contributed by atoms with E-state index in [9.17, 15) is 14.4 Å². The molecular formula is C28H28ClFN6O3. The van der Waals surface area contributed by atoms with Gasteiger partial charge in [0.15, 0.2) is 6.19 Å². The van der Waals surface area contributed by atoms with Crippen LogP contribution in [-0.4, -0.2) is 52.5 Å². The van der Waals surface area contributed by atoms with Crippen molar-refractivity contribution in [2.75, 3.05) is 25.0 Å². The monoisotopic (exact) mass is 550 g/mol. The summed E-state index contributed by atoms with van der Waals surface area (Å²) in [7, 11) is 0. The lowest BCUT2D eigenvalue weighted by Gasteiger charge is -2.42. The summed E-state index contributed by atoms with van der Waals surface area (Å²) in [6.07, 6.45) is 1.93. The summed E-state index contributed by atoms with van der Waals surface area (Å²) in [6, 6.07) is 20.7. The number of piperazine rings is 1. The number of amides is 2. The smallest absolute Gasteiger partial charge is 0.322 e. The number of hydrogen-bond donors (Lipinski definition) is 3. The molecule has 1 unspecified atom stereocenters. The molecule has 0 bridgehead atoms. The number of nitrogens with zero attached hydrogens (tertiary/aromatic N) is 4. The fraction of sp³-hybridized carbons (Fsp3) is 0.214. The van der Waals surface area contributed by atoms with Gasteiger partial charge < -0.3 is 20.2 Å². The lowest BCUT2D eigenvalue weighted by Crippen LogP contribution is -2.55. The van der Waals surface area contributed by atoms with E-state index >= 15 is 0 Å². The van der Waals surface area contributed by atoms with Crippen LogP contribution in [0.15, 0.2) is 77.8 Å². The summed E-state index contributed by atoms with van der Waals surface area (Å²) < 4.78 is 14.1. The molecule has 9 nitrogen and oxygen atoms in total. The average Bonchev–Trinajstić information content (AvgIpc) is 2.92. The van der Waals surface area contributed by atoms with Gasteiger partial charge in [0.25, 0.3) is 5.97 Å². The zero-order chi connectivity index (χ0) is 28.4. The molecule has 2 amide bonds. The van der Waals surface area contributed by atoms with E-state index < -0.39 is 5.97 Å². The Bertz CT molecular complexity index is 1360. The molecule has 1 fully saturated rings. The van der Waals surface area contributed by atoms with Crippen LogP contribution in [0.3, 0.4) is 0 Å². The van der Waals surface area contributed by atoms with Crippen LogP contribution >= 0.6 is 11.6 Å². The van der Waals surface area contributed by atoms with Crippen LogP contribution in [0, 0.1) is 24.2 Å². The highest BCUT2D eigenvalue weighted by Gasteiger charge is 2.33. The Hall–Kier alpha value is -4.62. The summed E-state index contributed by atoms with van der Waals surface area (Å²) in [5.74, 6) is -0.895. The van der Waals surface area contributed by atoms with Gasteiger partial charge in [-0.15, -0.1) is 0 Å². The Morgan fingerprint density at radius 3 is 2.38 bits per heavy atom. The molecule has 202 valence electrons. The second kappa shape index (κ2) is 13.8. The maximum atomic E-state index is 14.1. The van der Waals surface area contributed by atoms with E-state index in [1.807, 2.05) is 41.4 Å². The Kier molecular flexibility index (Phi) is 10.2. The standard InChI is InChI=1S/C26H24ClFN6O.C2H4O2/c1-18-22(28)8-5-9-23(18)32-25(30-17-29)33-14-15-34(24(16-33)19-6-3-2-4-7-19)26(35)31-21-12-10-20(27)11-13-21;1-2(3)4/h2-13,24H,14-16H2,1H3,(H,30,32)(H,31,35);1H3,(H,3,4). The molecule has 1 heterocycles. The number of nitriles is 1. The number of aliphatic carboxylic acids is 1. The number of anilines is 1. The highest BCUT2D eigenvalue weighted by atomic mass is 35.5. The largest absolute Gasteiger partial charge is 0.481 e. The van der Waals surface area contributed by atoms with Crippen LogP contribution < -0.4 is 10.6 Å². The Balaban J connectivity index is 0.000000983. The van der Waals surface area contributed by atoms with Gasteiger partial charge in [-0.3, -0.25) is 10.1 Å². The fourth-order valence-electron chi connectivity index (χ4n) is 3.97. The van der Waals surface area contributed by atoms with Crippen LogP contribution in [-0.2, 0) is 4.79 Å². The molecule has 39 heavy (non-hydrogen) atoms. The topological polar surface area (TPSA) is 121 Å². The average molecular weight is 551 g/mol. The first-order valence-electron chi connectivity index (χ1n) is 12.0. The first-order chi connectivity index (χ1) is 18.7. The zero-order valence-corrected chi connectivity index (χ0v) is 22.2. The van der Waals surface area contributed by atoms with E-state index in [-0.39, 0.29) is 17.9 Å². The van der Waals surface area contributed by atoms with Gasteiger partial charge in [0, 0.05) is 42.8 Å². The quantitative estimate of drug-likeness (QED) is 0.171. The van der Waals surface area contributed by atoms with Crippen molar-refractivity contribution in [1.29, 1.82) is 5.26 Å². The Morgan fingerprint density at radius 1 is 1.08 bits per heavy atom. The third-order valence-corrected chi connectivity index (χ3v) is 6.11. The molecule has 0 aromatic heterocycles. The molecule has 11 heteroatoms. The predicted octanol–water partition coefficient (Wildman–Crippen LogP) is 5.53. The SMILES string of the molecule is CC(=O)O.Cc1c(F)cccc1N=C(NC#N)N1CCN(C(=O)Nc2ccc(Cl)cc2)C(c2ccccc2)C1. The molecule has 1 atom stereocenters. The number of hydrogen-bond acceptors (Lipinski definition) is 4. The second-order valence-corrected chi connectivity index (χ2v) is 9.01. The van der Waals surface area contributed by atoms with Crippen LogP contribution in [0.4, 0.5) is 20.6 Å². The summed E-state index contributed by atoms with van der Waals surface area (Å²) >= 11 is 5.96. The van der Waals surface area contributed by atoms with Gasteiger partial charge in [-0.25, -0.2) is 14.2 Å². The molecular weight excluding hydrogens is 523 g/mol. The highest BCUT2D eigenvalue weighted by molar-refractivity contribution is 6.30. The van der Waals surface area contributed by atoms with Crippen molar-refractivity contribution < 1.29 is 19.1 Å². The number of carbonyl (C=O) groups excluding carboxylic acids is 1.